The predicted molar refractivity (Wildman–Crippen MR) is 136 cm³/mol. The zero-order valence-corrected chi connectivity index (χ0v) is 20.9. The fraction of sp³-hybridized carbons (Fsp3) is 0.214. The molecule has 36 heavy (non-hydrogen) atoms. The molecular weight excluding hydrogens is 460 g/mol. The highest BCUT2D eigenvalue weighted by molar-refractivity contribution is 5.89. The van der Waals surface area contributed by atoms with Crippen LogP contribution in [-0.2, 0) is 11.3 Å². The summed E-state index contributed by atoms with van der Waals surface area (Å²) >= 11 is 0. The summed E-state index contributed by atoms with van der Waals surface area (Å²) in [7, 11) is 7.83. The van der Waals surface area contributed by atoms with Gasteiger partial charge in [-0.25, -0.2) is 4.79 Å². The minimum atomic E-state index is -0.377. The second kappa shape index (κ2) is 10.9. The van der Waals surface area contributed by atoms with E-state index in [1.165, 1.54) is 7.11 Å². The summed E-state index contributed by atoms with van der Waals surface area (Å²) < 4.78 is 28.7. The summed E-state index contributed by atoms with van der Waals surface area (Å²) in [5.41, 5.74) is 4.71. The third kappa shape index (κ3) is 4.98. The van der Waals surface area contributed by atoms with Gasteiger partial charge in [0.25, 0.3) is 0 Å². The molecule has 0 fully saturated rings. The number of hydrogen-bond acceptors (Lipinski definition) is 7. The average molecular weight is 489 g/mol. The van der Waals surface area contributed by atoms with Crippen LogP contribution < -0.4 is 18.9 Å². The zero-order valence-electron chi connectivity index (χ0n) is 20.9. The molecule has 0 aliphatic heterocycles. The van der Waals surface area contributed by atoms with E-state index in [0.29, 0.717) is 35.1 Å². The van der Waals surface area contributed by atoms with Crippen LogP contribution in [0.3, 0.4) is 0 Å². The van der Waals surface area contributed by atoms with E-state index >= 15 is 0 Å². The summed E-state index contributed by atoms with van der Waals surface area (Å²) in [5.74, 6) is 2.31. The Kier molecular flexibility index (Phi) is 7.44. The largest absolute Gasteiger partial charge is 0.497 e. The normalized spacial score (nSPS) is 10.6. The van der Waals surface area contributed by atoms with Gasteiger partial charge in [-0.3, -0.25) is 4.68 Å². The quantitative estimate of drug-likeness (QED) is 0.304. The van der Waals surface area contributed by atoms with Crippen molar-refractivity contribution in [3.63, 3.8) is 0 Å². The Bertz CT molecular complexity index is 1360. The number of benzene rings is 3. The Morgan fingerprint density at radius 1 is 0.722 bits per heavy atom. The SMILES string of the molecule is COC(=O)c1ccc(Cn2nc(-c3ccc(OC)cc3OC)cc2-c2ccc(OC)cc2OC)cc1. The van der Waals surface area contributed by atoms with Crippen LogP contribution in [0.2, 0.25) is 0 Å². The van der Waals surface area contributed by atoms with Gasteiger partial charge in [0.1, 0.15) is 23.0 Å². The molecule has 0 amide bonds. The fourth-order valence-corrected chi connectivity index (χ4v) is 3.94. The van der Waals surface area contributed by atoms with Crippen LogP contribution in [0, 0.1) is 0 Å². The molecule has 0 N–H and O–H groups in total. The molecular formula is C28H28N2O6. The average Bonchev–Trinajstić information content (AvgIpc) is 3.35. The van der Waals surface area contributed by atoms with Crippen LogP contribution in [-0.4, -0.2) is 51.3 Å². The summed E-state index contributed by atoms with van der Waals surface area (Å²) in [4.78, 5) is 11.8. The summed E-state index contributed by atoms with van der Waals surface area (Å²) in [6.45, 7) is 0.463. The van der Waals surface area contributed by atoms with Gasteiger partial charge < -0.3 is 23.7 Å². The summed E-state index contributed by atoms with van der Waals surface area (Å²) in [6, 6.07) is 20.5. The minimum Gasteiger partial charge on any atom is -0.497 e. The first-order valence-corrected chi connectivity index (χ1v) is 11.2. The van der Waals surface area contributed by atoms with Crippen LogP contribution in [0.5, 0.6) is 23.0 Å². The second-order valence-electron chi connectivity index (χ2n) is 7.89. The first kappa shape index (κ1) is 24.7. The van der Waals surface area contributed by atoms with E-state index in [1.54, 1.807) is 40.6 Å². The molecule has 4 aromatic rings. The molecule has 3 aromatic carbocycles. The third-order valence-corrected chi connectivity index (χ3v) is 5.86. The molecule has 0 aliphatic carbocycles. The molecule has 8 nitrogen and oxygen atoms in total. The smallest absolute Gasteiger partial charge is 0.337 e. The molecule has 0 radical (unpaired) electrons. The van der Waals surface area contributed by atoms with Crippen molar-refractivity contribution in [2.45, 2.75) is 6.54 Å². The minimum absolute atomic E-state index is 0.377. The number of aromatic nitrogens is 2. The van der Waals surface area contributed by atoms with Crippen molar-refractivity contribution in [1.82, 2.24) is 9.78 Å². The molecule has 0 saturated heterocycles. The Balaban J connectivity index is 1.82. The number of methoxy groups -OCH3 is 5. The van der Waals surface area contributed by atoms with Crippen LogP contribution >= 0.6 is 0 Å². The van der Waals surface area contributed by atoms with E-state index in [2.05, 4.69) is 0 Å². The van der Waals surface area contributed by atoms with Gasteiger partial charge in [-0.1, -0.05) is 12.1 Å². The first-order chi connectivity index (χ1) is 17.5. The zero-order chi connectivity index (χ0) is 25.7. The Hall–Kier alpha value is -4.46. The maximum absolute atomic E-state index is 11.8. The molecule has 0 aliphatic rings. The molecule has 0 atom stereocenters. The Morgan fingerprint density at radius 2 is 1.31 bits per heavy atom. The molecule has 8 heteroatoms. The van der Waals surface area contributed by atoms with Gasteiger partial charge in [0.2, 0.25) is 0 Å². The molecule has 0 bridgehead atoms. The number of hydrogen-bond donors (Lipinski definition) is 0. The van der Waals surface area contributed by atoms with Gasteiger partial charge in [-0.15, -0.1) is 0 Å². The van der Waals surface area contributed by atoms with E-state index in [4.69, 9.17) is 28.8 Å². The van der Waals surface area contributed by atoms with Gasteiger partial charge >= 0.3 is 5.97 Å². The van der Waals surface area contributed by atoms with Crippen molar-refractivity contribution in [2.75, 3.05) is 35.5 Å². The number of nitrogens with zero attached hydrogens (tertiary/aromatic N) is 2. The van der Waals surface area contributed by atoms with Crippen molar-refractivity contribution < 1.29 is 28.5 Å². The van der Waals surface area contributed by atoms with Gasteiger partial charge in [-0.2, -0.15) is 5.10 Å². The van der Waals surface area contributed by atoms with Crippen LogP contribution in [0.1, 0.15) is 15.9 Å². The lowest BCUT2D eigenvalue weighted by Gasteiger charge is -2.13. The number of ether oxygens (including phenoxy) is 5. The number of esters is 1. The molecule has 1 heterocycles. The highest BCUT2D eigenvalue weighted by atomic mass is 16.5. The monoisotopic (exact) mass is 488 g/mol. The van der Waals surface area contributed by atoms with Gasteiger partial charge in [-0.05, 0) is 48.0 Å². The molecule has 0 unspecified atom stereocenters. The summed E-state index contributed by atoms with van der Waals surface area (Å²) in [5, 5.41) is 4.93. The molecule has 186 valence electrons. The standard InChI is InChI=1S/C28H28N2O6/c1-32-20-10-12-22(26(14-20)34-3)24-16-25(23-13-11-21(33-2)15-27(23)35-4)30(29-24)17-18-6-8-19(9-7-18)28(31)36-5/h6-16H,17H2,1-5H3. The predicted octanol–water partition coefficient (Wildman–Crippen LogP) is 5.09. The molecule has 1 aromatic heterocycles. The molecule has 4 rings (SSSR count). The second-order valence-corrected chi connectivity index (χ2v) is 7.89. The van der Waals surface area contributed by atoms with Crippen LogP contribution in [0.25, 0.3) is 22.5 Å². The van der Waals surface area contributed by atoms with Gasteiger partial charge in [0.05, 0.1) is 59.0 Å². The van der Waals surface area contributed by atoms with E-state index < -0.39 is 0 Å². The van der Waals surface area contributed by atoms with Crippen molar-refractivity contribution in [2.24, 2.45) is 0 Å². The number of carbonyl (C=O) groups is 1. The summed E-state index contributed by atoms with van der Waals surface area (Å²) in [6.07, 6.45) is 0. The molecule has 0 spiro atoms. The van der Waals surface area contributed by atoms with Crippen molar-refractivity contribution >= 4 is 5.97 Å². The topological polar surface area (TPSA) is 81.0 Å². The lowest BCUT2D eigenvalue weighted by Crippen LogP contribution is -2.06. The van der Waals surface area contributed by atoms with Crippen molar-refractivity contribution in [3.8, 4) is 45.5 Å². The Labute approximate surface area is 209 Å². The van der Waals surface area contributed by atoms with Gasteiger partial charge in [0, 0.05) is 23.3 Å². The maximum Gasteiger partial charge on any atom is 0.337 e. The van der Waals surface area contributed by atoms with E-state index in [-0.39, 0.29) is 5.97 Å². The maximum atomic E-state index is 11.8. The van der Waals surface area contributed by atoms with Crippen molar-refractivity contribution in [3.05, 3.63) is 77.9 Å². The number of carbonyl (C=O) groups excluding carboxylic acids is 1. The lowest BCUT2D eigenvalue weighted by atomic mass is 10.1. The van der Waals surface area contributed by atoms with Crippen molar-refractivity contribution in [1.29, 1.82) is 0 Å². The van der Waals surface area contributed by atoms with E-state index in [0.717, 1.165) is 28.1 Å². The molecule has 0 saturated carbocycles. The van der Waals surface area contributed by atoms with E-state index in [1.807, 2.05) is 59.3 Å². The number of rotatable bonds is 9. The highest BCUT2D eigenvalue weighted by Crippen LogP contribution is 2.38. The third-order valence-electron chi connectivity index (χ3n) is 5.86. The van der Waals surface area contributed by atoms with Gasteiger partial charge in [0.15, 0.2) is 0 Å². The Morgan fingerprint density at radius 3 is 1.86 bits per heavy atom. The highest BCUT2D eigenvalue weighted by Gasteiger charge is 2.19. The fourth-order valence-electron chi connectivity index (χ4n) is 3.94. The lowest BCUT2D eigenvalue weighted by molar-refractivity contribution is 0.0600. The van der Waals surface area contributed by atoms with Crippen LogP contribution in [0.4, 0.5) is 0 Å². The first-order valence-electron chi connectivity index (χ1n) is 11.2. The van der Waals surface area contributed by atoms with Crippen LogP contribution in [0.15, 0.2) is 66.7 Å². The van der Waals surface area contributed by atoms with E-state index in [9.17, 15) is 4.79 Å².